The maximum absolute atomic E-state index is 13.3. The summed E-state index contributed by atoms with van der Waals surface area (Å²) in [5.74, 6) is -0.647. The van der Waals surface area contributed by atoms with Crippen LogP contribution < -0.4 is 5.32 Å². The van der Waals surface area contributed by atoms with E-state index in [1.807, 2.05) is 30.3 Å². The van der Waals surface area contributed by atoms with E-state index in [0.29, 0.717) is 19.4 Å². The summed E-state index contributed by atoms with van der Waals surface area (Å²) in [4.78, 5) is 27.4. The Kier molecular flexibility index (Phi) is 7.97. The molecule has 0 aliphatic carbocycles. The second-order valence-corrected chi connectivity index (χ2v) is 7.69. The summed E-state index contributed by atoms with van der Waals surface area (Å²) in [5, 5.41) is 2.91. The summed E-state index contributed by atoms with van der Waals surface area (Å²) < 4.78 is 18.8. The van der Waals surface area contributed by atoms with Crippen molar-refractivity contribution in [1.82, 2.24) is 10.2 Å². The molecule has 1 heterocycles. The smallest absolute Gasteiger partial charge is 0.242 e. The van der Waals surface area contributed by atoms with E-state index in [4.69, 9.17) is 4.74 Å². The molecular weight excluding hydrogens is 383 g/mol. The van der Waals surface area contributed by atoms with Crippen molar-refractivity contribution in [3.63, 3.8) is 0 Å². The highest BCUT2D eigenvalue weighted by Gasteiger charge is 2.27. The molecule has 0 bridgehead atoms. The van der Waals surface area contributed by atoms with Gasteiger partial charge in [0, 0.05) is 26.1 Å². The van der Waals surface area contributed by atoms with Gasteiger partial charge in [0.05, 0.1) is 6.10 Å². The summed E-state index contributed by atoms with van der Waals surface area (Å²) in [5.41, 5.74) is 1.85. The average molecular weight is 413 g/mol. The highest BCUT2D eigenvalue weighted by Crippen LogP contribution is 2.15. The van der Waals surface area contributed by atoms with Crippen LogP contribution in [-0.4, -0.2) is 42.0 Å². The van der Waals surface area contributed by atoms with E-state index in [1.165, 1.54) is 12.1 Å². The fourth-order valence-corrected chi connectivity index (χ4v) is 3.58. The van der Waals surface area contributed by atoms with Crippen molar-refractivity contribution in [1.29, 1.82) is 0 Å². The van der Waals surface area contributed by atoms with Gasteiger partial charge in [0.15, 0.2) is 0 Å². The normalized spacial score (nSPS) is 16.8. The minimum atomic E-state index is -0.639. The number of ether oxygens (including phenoxy) is 1. The van der Waals surface area contributed by atoms with Gasteiger partial charge in [0.2, 0.25) is 11.8 Å². The first-order chi connectivity index (χ1) is 14.5. The van der Waals surface area contributed by atoms with Gasteiger partial charge in [-0.05, 0) is 49.4 Å². The molecular formula is C24H29FN2O3. The number of hydrogen-bond acceptors (Lipinski definition) is 3. The molecule has 2 aromatic carbocycles. The van der Waals surface area contributed by atoms with Crippen LogP contribution in [0, 0.1) is 5.82 Å². The minimum absolute atomic E-state index is 0.0421. The second-order valence-electron chi connectivity index (χ2n) is 7.69. The molecule has 0 saturated carbocycles. The van der Waals surface area contributed by atoms with E-state index in [-0.39, 0.29) is 30.3 Å². The van der Waals surface area contributed by atoms with Crippen molar-refractivity contribution in [2.45, 2.75) is 51.3 Å². The van der Waals surface area contributed by atoms with Crippen LogP contribution in [0.25, 0.3) is 0 Å². The van der Waals surface area contributed by atoms with E-state index in [0.717, 1.165) is 30.6 Å². The Morgan fingerprint density at radius 3 is 2.53 bits per heavy atom. The maximum Gasteiger partial charge on any atom is 0.242 e. The maximum atomic E-state index is 13.3. The SMILES string of the molecule is C[C@@H](C(=O)NC[C@H]1CCCO1)N(Cc1ccc(F)cc1)C(=O)CCc1ccccc1. The quantitative estimate of drug-likeness (QED) is 0.686. The van der Waals surface area contributed by atoms with Crippen LogP contribution in [0.4, 0.5) is 4.39 Å². The number of carbonyl (C=O) groups is 2. The lowest BCUT2D eigenvalue weighted by Gasteiger charge is -2.29. The van der Waals surface area contributed by atoms with Crippen molar-refractivity contribution in [3.8, 4) is 0 Å². The molecule has 5 nitrogen and oxygen atoms in total. The van der Waals surface area contributed by atoms with Gasteiger partial charge in [-0.1, -0.05) is 42.5 Å². The number of hydrogen-bond donors (Lipinski definition) is 1. The van der Waals surface area contributed by atoms with Crippen LogP contribution in [0.5, 0.6) is 0 Å². The molecule has 2 aromatic rings. The van der Waals surface area contributed by atoms with Crippen LogP contribution in [0.2, 0.25) is 0 Å². The number of rotatable bonds is 9. The first-order valence-corrected chi connectivity index (χ1v) is 10.5. The Labute approximate surface area is 177 Å². The molecule has 6 heteroatoms. The predicted octanol–water partition coefficient (Wildman–Crippen LogP) is 3.47. The molecule has 2 atom stereocenters. The van der Waals surface area contributed by atoms with E-state index in [1.54, 1.807) is 24.0 Å². The molecule has 3 rings (SSSR count). The van der Waals surface area contributed by atoms with E-state index < -0.39 is 6.04 Å². The predicted molar refractivity (Wildman–Crippen MR) is 113 cm³/mol. The molecule has 0 unspecified atom stereocenters. The Morgan fingerprint density at radius 1 is 1.13 bits per heavy atom. The van der Waals surface area contributed by atoms with E-state index in [9.17, 15) is 14.0 Å². The number of nitrogens with one attached hydrogen (secondary N) is 1. The minimum Gasteiger partial charge on any atom is -0.376 e. The second kappa shape index (κ2) is 10.9. The largest absolute Gasteiger partial charge is 0.376 e. The number of carbonyl (C=O) groups excluding carboxylic acids is 2. The topological polar surface area (TPSA) is 58.6 Å². The van der Waals surface area contributed by atoms with Gasteiger partial charge in [0.1, 0.15) is 11.9 Å². The molecule has 1 saturated heterocycles. The molecule has 1 aliphatic heterocycles. The van der Waals surface area contributed by atoms with Gasteiger partial charge >= 0.3 is 0 Å². The van der Waals surface area contributed by atoms with Crippen LogP contribution in [0.15, 0.2) is 54.6 Å². The number of benzene rings is 2. The molecule has 0 aromatic heterocycles. The third-order valence-corrected chi connectivity index (χ3v) is 5.43. The number of nitrogens with zero attached hydrogens (tertiary/aromatic N) is 1. The lowest BCUT2D eigenvalue weighted by atomic mass is 10.1. The zero-order valence-electron chi connectivity index (χ0n) is 17.4. The fraction of sp³-hybridized carbons (Fsp3) is 0.417. The van der Waals surface area contributed by atoms with Gasteiger partial charge < -0.3 is 15.0 Å². The fourth-order valence-electron chi connectivity index (χ4n) is 3.58. The molecule has 0 spiro atoms. The van der Waals surface area contributed by atoms with Crippen molar-refractivity contribution < 1.29 is 18.7 Å². The van der Waals surface area contributed by atoms with Gasteiger partial charge in [-0.15, -0.1) is 0 Å². The van der Waals surface area contributed by atoms with Crippen LogP contribution in [0.1, 0.15) is 37.3 Å². The first kappa shape index (κ1) is 22.0. The standard InChI is InChI=1S/C24H29FN2O3/c1-18(24(29)26-16-22-8-5-15-30-22)27(17-20-9-12-21(25)13-10-20)23(28)14-11-19-6-3-2-4-7-19/h2-4,6-7,9-10,12-13,18,22H,5,8,11,14-17H2,1H3,(H,26,29)/t18-,22+/m0/s1. The van der Waals surface area contributed by atoms with Gasteiger partial charge in [0.25, 0.3) is 0 Å². The first-order valence-electron chi connectivity index (χ1n) is 10.5. The molecule has 160 valence electrons. The van der Waals surface area contributed by atoms with Crippen LogP contribution in [0.3, 0.4) is 0 Å². The van der Waals surface area contributed by atoms with Crippen molar-refractivity contribution in [2.24, 2.45) is 0 Å². The zero-order chi connectivity index (χ0) is 21.3. The highest BCUT2D eigenvalue weighted by atomic mass is 19.1. The summed E-state index contributed by atoms with van der Waals surface area (Å²) in [6, 6.07) is 15.2. The van der Waals surface area contributed by atoms with Crippen LogP contribution >= 0.6 is 0 Å². The summed E-state index contributed by atoms with van der Waals surface area (Å²) in [6.07, 6.45) is 2.88. The van der Waals surface area contributed by atoms with E-state index in [2.05, 4.69) is 5.32 Å². The zero-order valence-corrected chi connectivity index (χ0v) is 17.4. The molecule has 0 radical (unpaired) electrons. The monoisotopic (exact) mass is 412 g/mol. The lowest BCUT2D eigenvalue weighted by Crippen LogP contribution is -2.49. The number of halogens is 1. The Hall–Kier alpha value is -2.73. The third kappa shape index (κ3) is 6.39. The van der Waals surface area contributed by atoms with Crippen LogP contribution in [-0.2, 0) is 27.3 Å². The van der Waals surface area contributed by atoms with E-state index >= 15 is 0 Å². The van der Waals surface area contributed by atoms with Crippen molar-refractivity contribution in [3.05, 3.63) is 71.5 Å². The molecule has 30 heavy (non-hydrogen) atoms. The summed E-state index contributed by atoms with van der Waals surface area (Å²) >= 11 is 0. The van der Waals surface area contributed by atoms with Gasteiger partial charge in [-0.3, -0.25) is 9.59 Å². The van der Waals surface area contributed by atoms with Gasteiger partial charge in [-0.2, -0.15) is 0 Å². The third-order valence-electron chi connectivity index (χ3n) is 5.43. The Bertz CT molecular complexity index is 820. The lowest BCUT2D eigenvalue weighted by molar-refractivity contribution is -0.140. The average Bonchev–Trinajstić information content (AvgIpc) is 3.29. The number of amides is 2. The summed E-state index contributed by atoms with van der Waals surface area (Å²) in [7, 11) is 0. The van der Waals surface area contributed by atoms with Crippen molar-refractivity contribution >= 4 is 11.8 Å². The molecule has 1 aliphatic rings. The molecule has 2 amide bonds. The number of aryl methyl sites for hydroxylation is 1. The summed E-state index contributed by atoms with van der Waals surface area (Å²) in [6.45, 7) is 3.16. The Balaban J connectivity index is 1.65. The van der Waals surface area contributed by atoms with Crippen molar-refractivity contribution in [2.75, 3.05) is 13.2 Å². The molecule has 1 fully saturated rings. The molecule has 1 N–H and O–H groups in total. The Morgan fingerprint density at radius 2 is 1.87 bits per heavy atom. The highest BCUT2D eigenvalue weighted by molar-refractivity contribution is 5.87. The van der Waals surface area contributed by atoms with Gasteiger partial charge in [-0.25, -0.2) is 4.39 Å².